The summed E-state index contributed by atoms with van der Waals surface area (Å²) in [6.45, 7) is 0. The predicted octanol–water partition coefficient (Wildman–Crippen LogP) is 1.84. The molecule has 2 aromatic heterocycles. The lowest BCUT2D eigenvalue weighted by molar-refractivity contribution is 1.09. The van der Waals surface area contributed by atoms with Crippen LogP contribution in [0, 0.1) is 0 Å². The summed E-state index contributed by atoms with van der Waals surface area (Å²) in [6, 6.07) is 3.53. The molecule has 0 fully saturated rings. The van der Waals surface area contributed by atoms with Crippen molar-refractivity contribution in [2.45, 2.75) is 0 Å². The Hall–Kier alpha value is -1.20. The fourth-order valence-corrected chi connectivity index (χ4v) is 1.54. The summed E-state index contributed by atoms with van der Waals surface area (Å²) < 4.78 is 0. The Kier molecular flexibility index (Phi) is 2.12. The predicted molar refractivity (Wildman–Crippen MR) is 52.6 cm³/mol. The van der Waals surface area contributed by atoms with Gasteiger partial charge in [0.15, 0.2) is 5.01 Å². The lowest BCUT2D eigenvalue weighted by Crippen LogP contribution is -1.81. The van der Waals surface area contributed by atoms with Gasteiger partial charge < -0.3 is 5.73 Å². The first-order valence-electron chi connectivity index (χ1n) is 3.46. The smallest absolute Gasteiger partial charge is 0.203 e. The molecule has 0 radical (unpaired) electrons. The largest absolute Gasteiger partial charge is 0.374 e. The van der Waals surface area contributed by atoms with E-state index in [1.807, 2.05) is 0 Å². The van der Waals surface area contributed by atoms with Crippen LogP contribution in [0.4, 0.5) is 5.13 Å². The van der Waals surface area contributed by atoms with E-state index < -0.39 is 0 Å². The van der Waals surface area contributed by atoms with Gasteiger partial charge in [-0.25, -0.2) is 0 Å². The van der Waals surface area contributed by atoms with Crippen LogP contribution < -0.4 is 5.73 Å². The topological polar surface area (TPSA) is 64.7 Å². The summed E-state index contributed by atoms with van der Waals surface area (Å²) in [4.78, 5) is 4.08. The van der Waals surface area contributed by atoms with Gasteiger partial charge in [-0.05, 0) is 12.1 Å². The second-order valence-electron chi connectivity index (χ2n) is 2.31. The second-order valence-corrected chi connectivity index (χ2v) is 3.75. The van der Waals surface area contributed by atoms with E-state index in [1.54, 1.807) is 18.3 Å². The van der Waals surface area contributed by atoms with E-state index in [2.05, 4.69) is 15.2 Å². The molecule has 0 unspecified atom stereocenters. The van der Waals surface area contributed by atoms with Gasteiger partial charge >= 0.3 is 0 Å². The minimum absolute atomic E-state index is 0.437. The average molecular weight is 213 g/mol. The standard InChI is InChI=1S/C7H5ClN4S/c8-4-1-2-5(10-3-4)6-11-12-7(9)13-6/h1-3H,(H2,9,12). The number of pyridine rings is 1. The first-order chi connectivity index (χ1) is 6.25. The number of nitrogens with two attached hydrogens (primary N) is 1. The van der Waals surface area contributed by atoms with Crippen LogP contribution >= 0.6 is 22.9 Å². The summed E-state index contributed by atoms with van der Waals surface area (Å²) >= 11 is 6.98. The van der Waals surface area contributed by atoms with E-state index in [0.29, 0.717) is 15.2 Å². The van der Waals surface area contributed by atoms with Gasteiger partial charge in [0.05, 0.1) is 5.02 Å². The Morgan fingerprint density at radius 3 is 2.69 bits per heavy atom. The van der Waals surface area contributed by atoms with Crippen molar-refractivity contribution in [3.05, 3.63) is 23.4 Å². The van der Waals surface area contributed by atoms with Crippen molar-refractivity contribution < 1.29 is 0 Å². The number of anilines is 1. The summed E-state index contributed by atoms with van der Waals surface area (Å²) in [5.41, 5.74) is 6.17. The van der Waals surface area contributed by atoms with E-state index in [0.717, 1.165) is 5.69 Å². The molecule has 0 saturated carbocycles. The normalized spacial score (nSPS) is 10.2. The fraction of sp³-hybridized carbons (Fsp3) is 0. The van der Waals surface area contributed by atoms with Gasteiger partial charge in [-0.1, -0.05) is 22.9 Å². The Labute approximate surface area is 83.4 Å². The molecular formula is C7H5ClN4S. The third kappa shape index (κ3) is 1.76. The molecule has 6 heteroatoms. The van der Waals surface area contributed by atoms with E-state index in [1.165, 1.54) is 11.3 Å². The molecule has 0 aliphatic rings. The Bertz CT molecular complexity index is 411. The molecule has 0 amide bonds. The molecule has 4 nitrogen and oxygen atoms in total. The summed E-state index contributed by atoms with van der Waals surface area (Å²) in [6.07, 6.45) is 1.56. The molecule has 0 saturated heterocycles. The highest BCUT2D eigenvalue weighted by atomic mass is 35.5. The van der Waals surface area contributed by atoms with Crippen LogP contribution in [-0.4, -0.2) is 15.2 Å². The summed E-state index contributed by atoms with van der Waals surface area (Å²) in [7, 11) is 0. The molecule has 0 atom stereocenters. The zero-order valence-electron chi connectivity index (χ0n) is 6.44. The molecule has 0 aliphatic carbocycles. The van der Waals surface area contributed by atoms with Crippen molar-refractivity contribution in [2.24, 2.45) is 0 Å². The molecule has 13 heavy (non-hydrogen) atoms. The third-order valence-corrected chi connectivity index (χ3v) is 2.39. The van der Waals surface area contributed by atoms with Crippen molar-refractivity contribution in [3.8, 4) is 10.7 Å². The lowest BCUT2D eigenvalue weighted by atomic mass is 10.4. The molecule has 2 heterocycles. The van der Waals surface area contributed by atoms with E-state index in [-0.39, 0.29) is 0 Å². The highest BCUT2D eigenvalue weighted by Crippen LogP contribution is 2.23. The van der Waals surface area contributed by atoms with Gasteiger partial charge in [0, 0.05) is 6.20 Å². The van der Waals surface area contributed by atoms with Crippen molar-refractivity contribution in [3.63, 3.8) is 0 Å². The Balaban J connectivity index is 2.41. The molecule has 0 aliphatic heterocycles. The van der Waals surface area contributed by atoms with Crippen molar-refractivity contribution in [2.75, 3.05) is 5.73 Å². The fourth-order valence-electron chi connectivity index (χ4n) is 0.840. The van der Waals surface area contributed by atoms with Crippen molar-refractivity contribution in [1.29, 1.82) is 0 Å². The number of hydrogen-bond donors (Lipinski definition) is 1. The Morgan fingerprint density at radius 2 is 2.15 bits per heavy atom. The molecule has 0 spiro atoms. The minimum atomic E-state index is 0.437. The zero-order chi connectivity index (χ0) is 9.26. The van der Waals surface area contributed by atoms with Crippen LogP contribution in [0.1, 0.15) is 0 Å². The van der Waals surface area contributed by atoms with Gasteiger partial charge in [-0.15, -0.1) is 10.2 Å². The average Bonchev–Trinajstić information content (AvgIpc) is 2.53. The molecule has 66 valence electrons. The molecule has 0 aromatic carbocycles. The highest BCUT2D eigenvalue weighted by Gasteiger charge is 2.04. The van der Waals surface area contributed by atoms with Crippen molar-refractivity contribution in [1.82, 2.24) is 15.2 Å². The quantitative estimate of drug-likeness (QED) is 0.784. The molecule has 0 bridgehead atoms. The highest BCUT2D eigenvalue weighted by molar-refractivity contribution is 7.18. The van der Waals surface area contributed by atoms with Gasteiger partial charge in [0.2, 0.25) is 5.13 Å². The maximum Gasteiger partial charge on any atom is 0.203 e. The number of nitrogen functional groups attached to an aromatic ring is 1. The van der Waals surface area contributed by atoms with Crippen LogP contribution in [0.25, 0.3) is 10.7 Å². The third-order valence-electron chi connectivity index (χ3n) is 1.39. The number of nitrogens with zero attached hydrogens (tertiary/aromatic N) is 3. The van der Waals surface area contributed by atoms with Gasteiger partial charge in [-0.3, -0.25) is 4.98 Å². The van der Waals surface area contributed by atoms with Crippen LogP contribution in [0.15, 0.2) is 18.3 Å². The van der Waals surface area contributed by atoms with E-state index >= 15 is 0 Å². The monoisotopic (exact) mass is 212 g/mol. The first kappa shape index (κ1) is 8.40. The van der Waals surface area contributed by atoms with E-state index in [4.69, 9.17) is 17.3 Å². The SMILES string of the molecule is Nc1nnc(-c2ccc(Cl)cn2)s1. The molecule has 2 aromatic rings. The maximum absolute atomic E-state index is 5.68. The van der Waals surface area contributed by atoms with Crippen LogP contribution in [0.2, 0.25) is 5.02 Å². The number of aromatic nitrogens is 3. The van der Waals surface area contributed by atoms with Gasteiger partial charge in [-0.2, -0.15) is 0 Å². The summed E-state index contributed by atoms with van der Waals surface area (Å²) in [5.74, 6) is 0. The van der Waals surface area contributed by atoms with Gasteiger partial charge in [0.25, 0.3) is 0 Å². The van der Waals surface area contributed by atoms with E-state index in [9.17, 15) is 0 Å². The Morgan fingerprint density at radius 1 is 1.31 bits per heavy atom. The van der Waals surface area contributed by atoms with Gasteiger partial charge in [0.1, 0.15) is 5.69 Å². The lowest BCUT2D eigenvalue weighted by Gasteiger charge is -1.92. The van der Waals surface area contributed by atoms with Crippen molar-refractivity contribution >= 4 is 28.1 Å². The number of hydrogen-bond acceptors (Lipinski definition) is 5. The minimum Gasteiger partial charge on any atom is -0.374 e. The zero-order valence-corrected chi connectivity index (χ0v) is 8.01. The van der Waals surface area contributed by atoms with Crippen LogP contribution in [-0.2, 0) is 0 Å². The molecule has 2 rings (SSSR count). The molecule has 2 N–H and O–H groups in total. The molecular weight excluding hydrogens is 208 g/mol. The van der Waals surface area contributed by atoms with Crippen LogP contribution in [0.3, 0.4) is 0 Å². The number of halogens is 1. The maximum atomic E-state index is 5.68. The van der Waals surface area contributed by atoms with Crippen LogP contribution in [0.5, 0.6) is 0 Å². The summed E-state index contributed by atoms with van der Waals surface area (Å²) in [5, 5.41) is 9.28. The number of rotatable bonds is 1. The second kappa shape index (κ2) is 3.27. The first-order valence-corrected chi connectivity index (χ1v) is 4.66.